The van der Waals surface area contributed by atoms with Crippen molar-refractivity contribution in [3.05, 3.63) is 23.8 Å². The van der Waals surface area contributed by atoms with Crippen molar-refractivity contribution in [2.45, 2.75) is 25.8 Å². The van der Waals surface area contributed by atoms with Crippen LogP contribution in [0.15, 0.2) is 18.2 Å². The van der Waals surface area contributed by atoms with Gasteiger partial charge in [0.05, 0.1) is 11.4 Å². The van der Waals surface area contributed by atoms with Gasteiger partial charge in [0.2, 0.25) is 5.91 Å². The summed E-state index contributed by atoms with van der Waals surface area (Å²) >= 11 is 0. The molecule has 1 aliphatic rings. The number of hydrogen-bond donors (Lipinski definition) is 3. The molecular weight excluding hydrogens is 202 g/mol. The van der Waals surface area contributed by atoms with E-state index in [1.54, 1.807) is 0 Å². The molecule has 0 saturated carbocycles. The first kappa shape index (κ1) is 11.0. The van der Waals surface area contributed by atoms with E-state index in [9.17, 15) is 4.79 Å². The standard InChI is InChI=1S/C12H17N3O/c1-12(2)11(16)14-9-4-3-8(5-6-13)7-10(9)15-12/h3-4,7,15H,5-6,13H2,1-2H3,(H,14,16). The van der Waals surface area contributed by atoms with Crippen LogP contribution < -0.4 is 16.4 Å². The molecule has 1 heterocycles. The minimum absolute atomic E-state index is 0.00780. The summed E-state index contributed by atoms with van der Waals surface area (Å²) in [5, 5.41) is 6.12. The summed E-state index contributed by atoms with van der Waals surface area (Å²) in [4.78, 5) is 11.7. The molecule has 2 rings (SSSR count). The van der Waals surface area contributed by atoms with E-state index in [-0.39, 0.29) is 5.91 Å². The van der Waals surface area contributed by atoms with Gasteiger partial charge in [0, 0.05) is 0 Å². The number of fused-ring (bicyclic) bond motifs is 1. The summed E-state index contributed by atoms with van der Waals surface area (Å²) in [7, 11) is 0. The average molecular weight is 219 g/mol. The molecule has 4 N–H and O–H groups in total. The normalized spacial score (nSPS) is 17.3. The summed E-state index contributed by atoms with van der Waals surface area (Å²) in [6.07, 6.45) is 0.851. The Morgan fingerprint density at radius 3 is 2.75 bits per heavy atom. The first-order chi connectivity index (χ1) is 7.53. The largest absolute Gasteiger partial charge is 0.370 e. The van der Waals surface area contributed by atoms with Gasteiger partial charge < -0.3 is 16.4 Å². The Labute approximate surface area is 95.2 Å². The third-order valence-electron chi connectivity index (χ3n) is 2.78. The Morgan fingerprint density at radius 1 is 1.31 bits per heavy atom. The monoisotopic (exact) mass is 219 g/mol. The number of hydrogen-bond acceptors (Lipinski definition) is 3. The Morgan fingerprint density at radius 2 is 2.06 bits per heavy atom. The van der Waals surface area contributed by atoms with Gasteiger partial charge in [-0.25, -0.2) is 0 Å². The molecule has 0 aliphatic carbocycles. The second-order valence-corrected chi connectivity index (χ2v) is 4.62. The number of nitrogens with one attached hydrogen (secondary N) is 2. The van der Waals surface area contributed by atoms with Crippen molar-refractivity contribution < 1.29 is 4.79 Å². The van der Waals surface area contributed by atoms with E-state index in [2.05, 4.69) is 10.6 Å². The molecule has 0 atom stereocenters. The maximum atomic E-state index is 11.7. The lowest BCUT2D eigenvalue weighted by Gasteiger charge is -2.33. The lowest BCUT2D eigenvalue weighted by molar-refractivity contribution is -0.119. The number of carbonyl (C=O) groups excluding carboxylic acids is 1. The molecule has 4 heteroatoms. The fraction of sp³-hybridized carbons (Fsp3) is 0.417. The number of nitrogens with two attached hydrogens (primary N) is 1. The first-order valence-corrected chi connectivity index (χ1v) is 5.45. The zero-order valence-corrected chi connectivity index (χ0v) is 9.63. The van der Waals surface area contributed by atoms with Gasteiger partial charge in [-0.2, -0.15) is 0 Å². The summed E-state index contributed by atoms with van der Waals surface area (Å²) in [6, 6.07) is 5.95. The van der Waals surface area contributed by atoms with Crippen molar-refractivity contribution >= 4 is 17.3 Å². The van der Waals surface area contributed by atoms with Crippen LogP contribution in [0.1, 0.15) is 19.4 Å². The van der Waals surface area contributed by atoms with Gasteiger partial charge >= 0.3 is 0 Å². The molecule has 86 valence electrons. The number of benzene rings is 1. The van der Waals surface area contributed by atoms with Crippen LogP contribution in [-0.4, -0.2) is 18.0 Å². The van der Waals surface area contributed by atoms with E-state index in [0.717, 1.165) is 17.8 Å². The van der Waals surface area contributed by atoms with Gasteiger partial charge in [-0.05, 0) is 44.5 Å². The second-order valence-electron chi connectivity index (χ2n) is 4.62. The topological polar surface area (TPSA) is 67.2 Å². The molecule has 0 saturated heterocycles. The summed E-state index contributed by atoms with van der Waals surface area (Å²) in [5.74, 6) is -0.00780. The van der Waals surface area contributed by atoms with Gasteiger partial charge in [-0.1, -0.05) is 6.07 Å². The maximum absolute atomic E-state index is 11.7. The molecule has 1 aromatic rings. The Bertz CT molecular complexity index is 426. The molecule has 0 fully saturated rings. The van der Waals surface area contributed by atoms with Crippen molar-refractivity contribution in [3.63, 3.8) is 0 Å². The van der Waals surface area contributed by atoms with Gasteiger partial charge in [-0.3, -0.25) is 4.79 Å². The highest BCUT2D eigenvalue weighted by molar-refractivity contribution is 6.05. The van der Waals surface area contributed by atoms with E-state index in [0.29, 0.717) is 6.54 Å². The second kappa shape index (κ2) is 3.79. The zero-order chi connectivity index (χ0) is 11.8. The van der Waals surface area contributed by atoms with Crippen LogP contribution in [0.2, 0.25) is 0 Å². The van der Waals surface area contributed by atoms with Crippen molar-refractivity contribution in [2.24, 2.45) is 5.73 Å². The Kier molecular flexibility index (Phi) is 2.59. The number of rotatable bonds is 2. The summed E-state index contributed by atoms with van der Waals surface area (Å²) < 4.78 is 0. The van der Waals surface area contributed by atoms with Crippen LogP contribution in [-0.2, 0) is 11.2 Å². The van der Waals surface area contributed by atoms with Gasteiger partial charge in [-0.15, -0.1) is 0 Å². The van der Waals surface area contributed by atoms with Gasteiger partial charge in [0.1, 0.15) is 5.54 Å². The predicted octanol–water partition coefficient (Wildman–Crippen LogP) is 1.33. The van der Waals surface area contributed by atoms with E-state index in [4.69, 9.17) is 5.73 Å². The fourth-order valence-corrected chi connectivity index (χ4v) is 1.80. The van der Waals surface area contributed by atoms with Crippen LogP contribution in [0.4, 0.5) is 11.4 Å². The Balaban J connectivity index is 2.34. The predicted molar refractivity (Wildman–Crippen MR) is 65.5 cm³/mol. The molecule has 16 heavy (non-hydrogen) atoms. The highest BCUT2D eigenvalue weighted by atomic mass is 16.2. The molecule has 1 aliphatic heterocycles. The van der Waals surface area contributed by atoms with Crippen LogP contribution in [0.3, 0.4) is 0 Å². The molecule has 4 nitrogen and oxygen atoms in total. The van der Waals surface area contributed by atoms with Crippen LogP contribution >= 0.6 is 0 Å². The van der Waals surface area contributed by atoms with E-state index < -0.39 is 5.54 Å². The number of amides is 1. The molecule has 1 aromatic carbocycles. The van der Waals surface area contributed by atoms with Crippen LogP contribution in [0.25, 0.3) is 0 Å². The molecule has 0 spiro atoms. The first-order valence-electron chi connectivity index (χ1n) is 5.45. The van der Waals surface area contributed by atoms with Crippen LogP contribution in [0.5, 0.6) is 0 Å². The average Bonchev–Trinajstić information content (AvgIpc) is 2.20. The lowest BCUT2D eigenvalue weighted by atomic mass is 9.99. The van der Waals surface area contributed by atoms with Crippen molar-refractivity contribution in [1.82, 2.24) is 0 Å². The van der Waals surface area contributed by atoms with Crippen molar-refractivity contribution in [3.8, 4) is 0 Å². The Hall–Kier alpha value is -1.55. The quantitative estimate of drug-likeness (QED) is 0.703. The van der Waals surface area contributed by atoms with Crippen LogP contribution in [0, 0.1) is 0 Å². The minimum atomic E-state index is -0.561. The molecule has 0 unspecified atom stereocenters. The highest BCUT2D eigenvalue weighted by Gasteiger charge is 2.32. The molecular formula is C12H17N3O. The smallest absolute Gasteiger partial charge is 0.249 e. The van der Waals surface area contributed by atoms with Gasteiger partial charge in [0.15, 0.2) is 0 Å². The molecule has 0 bridgehead atoms. The third-order valence-corrected chi connectivity index (χ3v) is 2.78. The number of carbonyl (C=O) groups is 1. The van der Waals surface area contributed by atoms with Crippen molar-refractivity contribution in [2.75, 3.05) is 17.2 Å². The molecule has 1 amide bonds. The zero-order valence-electron chi connectivity index (χ0n) is 9.63. The highest BCUT2D eigenvalue weighted by Crippen LogP contribution is 2.31. The van der Waals surface area contributed by atoms with E-state index >= 15 is 0 Å². The summed E-state index contributed by atoms with van der Waals surface area (Å²) in [6.45, 7) is 4.36. The van der Waals surface area contributed by atoms with Gasteiger partial charge in [0.25, 0.3) is 0 Å². The fourth-order valence-electron chi connectivity index (χ4n) is 1.80. The third kappa shape index (κ3) is 1.88. The molecule has 0 aromatic heterocycles. The summed E-state index contributed by atoms with van der Waals surface area (Å²) in [5.41, 5.74) is 7.95. The number of anilines is 2. The van der Waals surface area contributed by atoms with E-state index in [1.807, 2.05) is 32.0 Å². The maximum Gasteiger partial charge on any atom is 0.249 e. The molecule has 0 radical (unpaired) electrons. The van der Waals surface area contributed by atoms with E-state index in [1.165, 1.54) is 5.56 Å². The minimum Gasteiger partial charge on any atom is -0.370 e. The van der Waals surface area contributed by atoms with Crippen molar-refractivity contribution in [1.29, 1.82) is 0 Å². The lowest BCUT2D eigenvalue weighted by Crippen LogP contribution is -2.47. The SMILES string of the molecule is CC1(C)Nc2cc(CCN)ccc2NC1=O.